The predicted molar refractivity (Wildman–Crippen MR) is 120 cm³/mol. The summed E-state index contributed by atoms with van der Waals surface area (Å²) < 4.78 is 31.7. The van der Waals surface area contributed by atoms with Crippen LogP contribution in [0, 0.1) is 11.6 Å². The molecule has 3 rings (SSSR count). The van der Waals surface area contributed by atoms with Crippen molar-refractivity contribution in [2.45, 2.75) is 13.1 Å². The molecule has 0 aliphatic carbocycles. The third-order valence-corrected chi connectivity index (χ3v) is 3.87. The van der Waals surface area contributed by atoms with E-state index in [1.54, 1.807) is 37.5 Å². The SMILES string of the molecule is CN=C(NCc1ccc(Oc2ccc(F)cc2)nc1)NCc1cccc(F)c1.I. The van der Waals surface area contributed by atoms with E-state index >= 15 is 0 Å². The highest BCUT2D eigenvalue weighted by Crippen LogP contribution is 2.19. The van der Waals surface area contributed by atoms with Crippen molar-refractivity contribution < 1.29 is 13.5 Å². The van der Waals surface area contributed by atoms with Crippen molar-refractivity contribution in [3.05, 3.63) is 89.6 Å². The van der Waals surface area contributed by atoms with Gasteiger partial charge in [0.25, 0.3) is 0 Å². The summed E-state index contributed by atoms with van der Waals surface area (Å²) >= 11 is 0. The summed E-state index contributed by atoms with van der Waals surface area (Å²) in [5, 5.41) is 6.30. The number of benzene rings is 2. The Hall–Kier alpha value is -2.75. The number of guanidine groups is 1. The van der Waals surface area contributed by atoms with E-state index < -0.39 is 0 Å². The van der Waals surface area contributed by atoms with E-state index in [1.165, 1.54) is 24.3 Å². The van der Waals surface area contributed by atoms with E-state index in [1.807, 2.05) is 12.1 Å². The summed E-state index contributed by atoms with van der Waals surface area (Å²) in [6, 6.07) is 15.8. The molecule has 0 bridgehead atoms. The van der Waals surface area contributed by atoms with Crippen LogP contribution in [0.25, 0.3) is 0 Å². The van der Waals surface area contributed by atoms with Crippen LogP contribution in [0.15, 0.2) is 71.9 Å². The van der Waals surface area contributed by atoms with Crippen LogP contribution in [-0.4, -0.2) is 18.0 Å². The maximum atomic E-state index is 13.2. The number of aromatic nitrogens is 1. The number of hydrogen-bond acceptors (Lipinski definition) is 3. The second-order valence-corrected chi connectivity index (χ2v) is 5.97. The first-order valence-electron chi connectivity index (χ1n) is 8.70. The molecule has 0 aliphatic rings. The van der Waals surface area contributed by atoms with Gasteiger partial charge in [0.05, 0.1) is 0 Å². The molecule has 2 N–H and O–H groups in total. The van der Waals surface area contributed by atoms with Crippen LogP contribution >= 0.6 is 24.0 Å². The van der Waals surface area contributed by atoms with Crippen molar-refractivity contribution in [1.82, 2.24) is 15.6 Å². The standard InChI is InChI=1S/C21H20F2N4O.HI/c1-24-21(26-12-15-3-2-4-18(23)11-15)27-14-16-5-10-20(25-13-16)28-19-8-6-17(22)7-9-19;/h2-11,13H,12,14H2,1H3,(H2,24,26,27);1H. The first-order valence-corrected chi connectivity index (χ1v) is 8.70. The van der Waals surface area contributed by atoms with Crippen molar-refractivity contribution in [1.29, 1.82) is 0 Å². The average molecular weight is 510 g/mol. The van der Waals surface area contributed by atoms with Gasteiger partial charge in [-0.15, -0.1) is 24.0 Å². The monoisotopic (exact) mass is 510 g/mol. The third-order valence-electron chi connectivity index (χ3n) is 3.87. The van der Waals surface area contributed by atoms with Gasteiger partial charge >= 0.3 is 0 Å². The van der Waals surface area contributed by atoms with Gasteiger partial charge in [-0.1, -0.05) is 18.2 Å². The predicted octanol–water partition coefficient (Wildman–Crippen LogP) is 4.64. The zero-order valence-corrected chi connectivity index (χ0v) is 18.1. The van der Waals surface area contributed by atoms with E-state index in [0.717, 1.165) is 11.1 Å². The second kappa shape index (κ2) is 11.3. The molecule has 1 aromatic heterocycles. The Morgan fingerprint density at radius 1 is 0.931 bits per heavy atom. The van der Waals surface area contributed by atoms with Crippen LogP contribution in [0.1, 0.15) is 11.1 Å². The van der Waals surface area contributed by atoms with Crippen molar-refractivity contribution in [3.8, 4) is 11.6 Å². The lowest BCUT2D eigenvalue weighted by Gasteiger charge is -2.12. The maximum Gasteiger partial charge on any atom is 0.219 e. The minimum absolute atomic E-state index is 0. The molecule has 0 saturated carbocycles. The molecule has 0 amide bonds. The smallest absolute Gasteiger partial charge is 0.219 e. The normalized spacial score (nSPS) is 10.8. The molecule has 29 heavy (non-hydrogen) atoms. The number of halogens is 3. The minimum atomic E-state index is -0.318. The van der Waals surface area contributed by atoms with Crippen molar-refractivity contribution in [3.63, 3.8) is 0 Å². The Morgan fingerprint density at radius 3 is 2.28 bits per heavy atom. The first-order chi connectivity index (χ1) is 13.6. The Balaban J connectivity index is 0.00000300. The minimum Gasteiger partial charge on any atom is -0.439 e. The van der Waals surface area contributed by atoms with Gasteiger partial charge in [0.2, 0.25) is 5.88 Å². The van der Waals surface area contributed by atoms with Crippen LogP contribution in [0.4, 0.5) is 8.78 Å². The molecule has 2 aromatic carbocycles. The fourth-order valence-electron chi connectivity index (χ4n) is 2.44. The highest BCUT2D eigenvalue weighted by molar-refractivity contribution is 14.0. The van der Waals surface area contributed by atoms with E-state index in [-0.39, 0.29) is 35.6 Å². The van der Waals surface area contributed by atoms with Gasteiger partial charge in [0.15, 0.2) is 5.96 Å². The summed E-state index contributed by atoms with van der Waals surface area (Å²) in [5.74, 6) is 0.944. The fourth-order valence-corrected chi connectivity index (χ4v) is 2.44. The molecular weight excluding hydrogens is 489 g/mol. The lowest BCUT2D eigenvalue weighted by atomic mass is 10.2. The Labute approximate surface area is 185 Å². The quantitative estimate of drug-likeness (QED) is 0.289. The highest BCUT2D eigenvalue weighted by Gasteiger charge is 2.03. The largest absolute Gasteiger partial charge is 0.439 e. The maximum absolute atomic E-state index is 13.2. The van der Waals surface area contributed by atoms with Crippen LogP contribution < -0.4 is 15.4 Å². The van der Waals surface area contributed by atoms with Gasteiger partial charge < -0.3 is 15.4 Å². The summed E-state index contributed by atoms with van der Waals surface area (Å²) in [6.45, 7) is 0.965. The second-order valence-electron chi connectivity index (χ2n) is 5.97. The average Bonchev–Trinajstić information content (AvgIpc) is 2.71. The Bertz CT molecular complexity index is 934. The topological polar surface area (TPSA) is 58.5 Å². The molecule has 1 heterocycles. The molecule has 3 aromatic rings. The number of rotatable bonds is 6. The lowest BCUT2D eigenvalue weighted by Crippen LogP contribution is -2.36. The summed E-state index contributed by atoms with van der Waals surface area (Å²) in [5.41, 5.74) is 1.76. The third kappa shape index (κ3) is 7.30. The van der Waals surface area contributed by atoms with E-state index in [0.29, 0.717) is 30.7 Å². The van der Waals surface area contributed by atoms with Crippen LogP contribution in [0.2, 0.25) is 0 Å². The molecule has 0 radical (unpaired) electrons. The van der Waals surface area contributed by atoms with Gasteiger partial charge in [-0.2, -0.15) is 0 Å². The van der Waals surface area contributed by atoms with E-state index in [9.17, 15) is 8.78 Å². The molecule has 0 atom stereocenters. The number of ether oxygens (including phenoxy) is 1. The van der Waals surface area contributed by atoms with Crippen LogP contribution in [0.3, 0.4) is 0 Å². The highest BCUT2D eigenvalue weighted by atomic mass is 127. The van der Waals surface area contributed by atoms with E-state index in [4.69, 9.17) is 4.74 Å². The summed E-state index contributed by atoms with van der Waals surface area (Å²) in [4.78, 5) is 8.39. The van der Waals surface area contributed by atoms with Crippen LogP contribution in [0.5, 0.6) is 11.6 Å². The van der Waals surface area contributed by atoms with Crippen LogP contribution in [-0.2, 0) is 13.1 Å². The van der Waals surface area contributed by atoms with Gasteiger partial charge in [-0.25, -0.2) is 13.8 Å². The molecule has 5 nitrogen and oxygen atoms in total. The summed E-state index contributed by atoms with van der Waals surface area (Å²) in [7, 11) is 1.67. The van der Waals surface area contributed by atoms with Crippen molar-refractivity contribution in [2.75, 3.05) is 7.05 Å². The first kappa shape index (κ1) is 22.5. The molecule has 152 valence electrons. The molecule has 0 fully saturated rings. The number of pyridine rings is 1. The zero-order valence-electron chi connectivity index (χ0n) is 15.7. The lowest BCUT2D eigenvalue weighted by molar-refractivity contribution is 0.461. The Kier molecular flexibility index (Phi) is 8.78. The molecule has 0 spiro atoms. The van der Waals surface area contributed by atoms with E-state index in [2.05, 4.69) is 20.6 Å². The molecular formula is C21H21F2IN4O. The fraction of sp³-hybridized carbons (Fsp3) is 0.143. The molecule has 0 saturated heterocycles. The van der Waals surface area contributed by atoms with Crippen molar-refractivity contribution in [2.24, 2.45) is 4.99 Å². The summed E-state index contributed by atoms with van der Waals surface area (Å²) in [6.07, 6.45) is 1.69. The van der Waals surface area contributed by atoms with Gasteiger partial charge in [0, 0.05) is 32.4 Å². The number of nitrogens with one attached hydrogen (secondary N) is 2. The zero-order chi connectivity index (χ0) is 19.8. The number of nitrogens with zero attached hydrogens (tertiary/aromatic N) is 2. The number of hydrogen-bond donors (Lipinski definition) is 2. The van der Waals surface area contributed by atoms with Gasteiger partial charge in [-0.05, 0) is 47.5 Å². The molecule has 8 heteroatoms. The van der Waals surface area contributed by atoms with Crippen molar-refractivity contribution >= 4 is 29.9 Å². The van der Waals surface area contributed by atoms with Gasteiger partial charge in [-0.3, -0.25) is 4.99 Å². The Morgan fingerprint density at radius 2 is 1.66 bits per heavy atom. The number of aliphatic imine (C=N–C) groups is 1. The molecule has 0 unspecified atom stereocenters. The van der Waals surface area contributed by atoms with Gasteiger partial charge in [0.1, 0.15) is 17.4 Å². The molecule has 0 aliphatic heterocycles.